The number of nitrogens with one attached hydrogen (secondary N) is 1. The minimum atomic E-state index is -1.28. The molecule has 1 aliphatic rings. The number of ether oxygens (including phenoxy) is 1. The van der Waals surface area contributed by atoms with Gasteiger partial charge in [-0.3, -0.25) is 4.79 Å². The third-order valence-electron chi connectivity index (χ3n) is 2.53. The number of hydrogen-bond donors (Lipinski definition) is 2. The number of carbonyl (C=O) groups is 2. The first-order valence-electron chi connectivity index (χ1n) is 5.32. The first-order chi connectivity index (χ1) is 7.63. The number of methoxy groups -OCH3 is 1. The van der Waals surface area contributed by atoms with E-state index in [1.54, 1.807) is 0 Å². The highest BCUT2D eigenvalue weighted by molar-refractivity contribution is 5.79. The summed E-state index contributed by atoms with van der Waals surface area (Å²) < 4.78 is 4.33. The SMILES string of the molecule is COC(=O)C(O)CNC(=O)CC1C=CCC1. The van der Waals surface area contributed by atoms with Gasteiger partial charge in [-0.25, -0.2) is 4.79 Å². The fourth-order valence-electron chi connectivity index (χ4n) is 1.61. The van der Waals surface area contributed by atoms with Crippen LogP contribution >= 0.6 is 0 Å². The Labute approximate surface area is 94.5 Å². The summed E-state index contributed by atoms with van der Waals surface area (Å²) in [5, 5.41) is 11.7. The Morgan fingerprint density at radius 1 is 1.62 bits per heavy atom. The first-order valence-corrected chi connectivity index (χ1v) is 5.32. The monoisotopic (exact) mass is 227 g/mol. The van der Waals surface area contributed by atoms with Crippen molar-refractivity contribution in [3.05, 3.63) is 12.2 Å². The topological polar surface area (TPSA) is 75.6 Å². The van der Waals surface area contributed by atoms with Crippen molar-refractivity contribution in [1.29, 1.82) is 0 Å². The molecule has 0 aromatic heterocycles. The molecule has 0 aromatic carbocycles. The zero-order valence-electron chi connectivity index (χ0n) is 9.31. The van der Waals surface area contributed by atoms with Crippen molar-refractivity contribution in [3.63, 3.8) is 0 Å². The summed E-state index contributed by atoms with van der Waals surface area (Å²) in [5.74, 6) is -0.601. The maximum atomic E-state index is 11.4. The van der Waals surface area contributed by atoms with Crippen LogP contribution in [0.25, 0.3) is 0 Å². The van der Waals surface area contributed by atoms with E-state index in [4.69, 9.17) is 0 Å². The molecule has 5 heteroatoms. The van der Waals surface area contributed by atoms with Crippen molar-refractivity contribution in [3.8, 4) is 0 Å². The van der Waals surface area contributed by atoms with Crippen LogP contribution in [0.3, 0.4) is 0 Å². The Hall–Kier alpha value is -1.36. The number of rotatable bonds is 5. The van der Waals surface area contributed by atoms with Crippen LogP contribution in [0.15, 0.2) is 12.2 Å². The molecule has 1 rings (SSSR count). The van der Waals surface area contributed by atoms with E-state index in [9.17, 15) is 14.7 Å². The van der Waals surface area contributed by atoms with Crippen LogP contribution in [0.2, 0.25) is 0 Å². The quantitative estimate of drug-likeness (QED) is 0.512. The normalized spacial score (nSPS) is 20.5. The Morgan fingerprint density at radius 3 is 2.94 bits per heavy atom. The summed E-state index contributed by atoms with van der Waals surface area (Å²) in [6.07, 6.45) is 5.21. The van der Waals surface area contributed by atoms with Gasteiger partial charge in [-0.2, -0.15) is 0 Å². The van der Waals surface area contributed by atoms with E-state index in [0.29, 0.717) is 6.42 Å². The maximum absolute atomic E-state index is 11.4. The molecule has 0 aromatic rings. The highest BCUT2D eigenvalue weighted by Gasteiger charge is 2.18. The van der Waals surface area contributed by atoms with E-state index in [1.165, 1.54) is 7.11 Å². The molecular weight excluding hydrogens is 210 g/mol. The molecule has 0 saturated heterocycles. The van der Waals surface area contributed by atoms with Crippen molar-refractivity contribution >= 4 is 11.9 Å². The lowest BCUT2D eigenvalue weighted by atomic mass is 10.1. The van der Waals surface area contributed by atoms with Gasteiger partial charge < -0.3 is 15.2 Å². The summed E-state index contributed by atoms with van der Waals surface area (Å²) in [7, 11) is 1.19. The van der Waals surface area contributed by atoms with Gasteiger partial charge in [0.15, 0.2) is 6.10 Å². The number of carbonyl (C=O) groups excluding carboxylic acids is 2. The number of allylic oxidation sites excluding steroid dienone is 2. The molecule has 0 fully saturated rings. The van der Waals surface area contributed by atoms with Crippen molar-refractivity contribution < 1.29 is 19.4 Å². The molecule has 0 aliphatic heterocycles. The molecule has 0 spiro atoms. The molecule has 0 radical (unpaired) electrons. The molecule has 2 atom stereocenters. The van der Waals surface area contributed by atoms with Crippen LogP contribution in [-0.4, -0.2) is 36.7 Å². The average molecular weight is 227 g/mol. The lowest BCUT2D eigenvalue weighted by molar-refractivity contribution is -0.150. The number of hydrogen-bond acceptors (Lipinski definition) is 4. The van der Waals surface area contributed by atoms with Crippen LogP contribution in [-0.2, 0) is 14.3 Å². The first kappa shape index (κ1) is 12.7. The molecule has 1 amide bonds. The predicted molar refractivity (Wildman–Crippen MR) is 57.5 cm³/mol. The molecule has 0 bridgehead atoms. The third-order valence-corrected chi connectivity index (χ3v) is 2.53. The zero-order valence-corrected chi connectivity index (χ0v) is 9.31. The standard InChI is InChI=1S/C11H17NO4/c1-16-11(15)9(13)7-12-10(14)6-8-4-2-3-5-8/h2,4,8-9,13H,3,5-7H2,1H3,(H,12,14). The maximum Gasteiger partial charge on any atom is 0.336 e. The Balaban J connectivity index is 2.19. The molecule has 2 N–H and O–H groups in total. The van der Waals surface area contributed by atoms with Gasteiger partial charge in [-0.1, -0.05) is 12.2 Å². The average Bonchev–Trinajstić information content (AvgIpc) is 2.77. The van der Waals surface area contributed by atoms with Crippen LogP contribution in [0.1, 0.15) is 19.3 Å². The third kappa shape index (κ3) is 4.02. The van der Waals surface area contributed by atoms with Gasteiger partial charge in [-0.15, -0.1) is 0 Å². The summed E-state index contributed by atoms with van der Waals surface area (Å²) >= 11 is 0. The van der Waals surface area contributed by atoms with Gasteiger partial charge in [0.1, 0.15) is 0 Å². The fourth-order valence-corrected chi connectivity index (χ4v) is 1.61. The van der Waals surface area contributed by atoms with Crippen molar-refractivity contribution in [2.24, 2.45) is 5.92 Å². The molecular formula is C11H17NO4. The second-order valence-electron chi connectivity index (χ2n) is 3.81. The van der Waals surface area contributed by atoms with Crippen molar-refractivity contribution in [1.82, 2.24) is 5.32 Å². The van der Waals surface area contributed by atoms with Crippen LogP contribution in [0.5, 0.6) is 0 Å². The lowest BCUT2D eigenvalue weighted by Crippen LogP contribution is -2.37. The smallest absolute Gasteiger partial charge is 0.336 e. The van der Waals surface area contributed by atoms with Gasteiger partial charge in [-0.05, 0) is 18.8 Å². The summed E-state index contributed by atoms with van der Waals surface area (Å²) in [4.78, 5) is 22.2. The number of aliphatic hydroxyl groups excluding tert-OH is 1. The minimum absolute atomic E-state index is 0.0953. The Bertz CT molecular complexity index is 288. The molecule has 2 unspecified atom stereocenters. The van der Waals surface area contributed by atoms with E-state index in [2.05, 4.69) is 16.1 Å². The number of esters is 1. The molecule has 1 aliphatic carbocycles. The second kappa shape index (κ2) is 6.27. The van der Waals surface area contributed by atoms with Gasteiger partial charge >= 0.3 is 5.97 Å². The van der Waals surface area contributed by atoms with Gasteiger partial charge in [0.2, 0.25) is 5.91 Å². The number of amides is 1. The Kier molecular flexibility index (Phi) is 4.98. The Morgan fingerprint density at radius 2 is 2.38 bits per heavy atom. The van der Waals surface area contributed by atoms with Crippen molar-refractivity contribution in [2.45, 2.75) is 25.4 Å². The second-order valence-corrected chi connectivity index (χ2v) is 3.81. The zero-order chi connectivity index (χ0) is 12.0. The van der Waals surface area contributed by atoms with Gasteiger partial charge in [0.05, 0.1) is 13.7 Å². The highest BCUT2D eigenvalue weighted by Crippen LogP contribution is 2.19. The van der Waals surface area contributed by atoms with E-state index in [1.807, 2.05) is 6.08 Å². The molecule has 5 nitrogen and oxygen atoms in total. The summed E-state index contributed by atoms with van der Waals surface area (Å²) in [6.45, 7) is -0.0953. The van der Waals surface area contributed by atoms with Gasteiger partial charge in [0.25, 0.3) is 0 Å². The molecule has 0 saturated carbocycles. The highest BCUT2D eigenvalue weighted by atomic mass is 16.5. The van der Waals surface area contributed by atoms with Crippen LogP contribution < -0.4 is 5.32 Å². The molecule has 16 heavy (non-hydrogen) atoms. The fraction of sp³-hybridized carbons (Fsp3) is 0.636. The van der Waals surface area contributed by atoms with Crippen LogP contribution in [0.4, 0.5) is 0 Å². The lowest BCUT2D eigenvalue weighted by Gasteiger charge is -2.11. The summed E-state index contributed by atoms with van der Waals surface area (Å²) in [5.41, 5.74) is 0. The van der Waals surface area contributed by atoms with E-state index in [0.717, 1.165) is 12.8 Å². The summed E-state index contributed by atoms with van der Waals surface area (Å²) in [6, 6.07) is 0. The van der Waals surface area contributed by atoms with E-state index >= 15 is 0 Å². The largest absolute Gasteiger partial charge is 0.467 e. The predicted octanol–water partition coefficient (Wildman–Crippen LogP) is -0.00720. The molecule has 90 valence electrons. The minimum Gasteiger partial charge on any atom is -0.467 e. The van der Waals surface area contributed by atoms with E-state index in [-0.39, 0.29) is 18.4 Å². The number of aliphatic hydroxyl groups is 1. The van der Waals surface area contributed by atoms with E-state index < -0.39 is 12.1 Å². The van der Waals surface area contributed by atoms with Crippen LogP contribution in [0, 0.1) is 5.92 Å². The van der Waals surface area contributed by atoms with Crippen molar-refractivity contribution in [2.75, 3.05) is 13.7 Å². The molecule has 0 heterocycles. The van der Waals surface area contributed by atoms with Gasteiger partial charge in [0, 0.05) is 6.42 Å².